The maximum atomic E-state index is 11.7. The predicted molar refractivity (Wildman–Crippen MR) is 63.7 cm³/mol. The van der Waals surface area contributed by atoms with E-state index in [1.165, 1.54) is 18.2 Å². The molecule has 0 saturated heterocycles. The Morgan fingerprint density at radius 2 is 2.06 bits per heavy atom. The molecule has 0 radical (unpaired) electrons. The van der Waals surface area contributed by atoms with Gasteiger partial charge in [0.05, 0.1) is 10.8 Å². The SMILES string of the molecule is Cc1cc(NS(=O)(=O)C2CC2)ccc1C(=O)O. The zero-order valence-electron chi connectivity index (χ0n) is 9.30. The van der Waals surface area contributed by atoms with Gasteiger partial charge in [-0.25, -0.2) is 13.2 Å². The van der Waals surface area contributed by atoms with E-state index in [0.717, 1.165) is 0 Å². The van der Waals surface area contributed by atoms with Crippen LogP contribution in [0.25, 0.3) is 0 Å². The van der Waals surface area contributed by atoms with Crippen molar-refractivity contribution in [3.05, 3.63) is 29.3 Å². The normalized spacial score (nSPS) is 15.6. The van der Waals surface area contributed by atoms with Crippen molar-refractivity contribution in [3.63, 3.8) is 0 Å². The molecule has 1 aromatic carbocycles. The van der Waals surface area contributed by atoms with E-state index in [1.807, 2.05) is 0 Å². The third-order valence-electron chi connectivity index (χ3n) is 2.68. The van der Waals surface area contributed by atoms with E-state index in [0.29, 0.717) is 24.1 Å². The summed E-state index contributed by atoms with van der Waals surface area (Å²) in [6.07, 6.45) is 1.39. The molecule has 0 unspecified atom stereocenters. The van der Waals surface area contributed by atoms with Gasteiger partial charge in [-0.15, -0.1) is 0 Å². The molecule has 5 nitrogen and oxygen atoms in total. The smallest absolute Gasteiger partial charge is 0.335 e. The Morgan fingerprint density at radius 3 is 2.53 bits per heavy atom. The molecule has 0 aliphatic heterocycles. The highest BCUT2D eigenvalue weighted by atomic mass is 32.2. The van der Waals surface area contributed by atoms with Crippen LogP contribution < -0.4 is 4.72 Å². The molecule has 2 N–H and O–H groups in total. The zero-order valence-corrected chi connectivity index (χ0v) is 10.1. The summed E-state index contributed by atoms with van der Waals surface area (Å²) in [5.74, 6) is -1.01. The molecule has 1 aliphatic rings. The fourth-order valence-electron chi connectivity index (χ4n) is 1.59. The number of hydrogen-bond donors (Lipinski definition) is 2. The van der Waals surface area contributed by atoms with E-state index in [4.69, 9.17) is 5.11 Å². The molecular weight excluding hydrogens is 242 g/mol. The highest BCUT2D eigenvalue weighted by Gasteiger charge is 2.35. The fraction of sp³-hybridized carbons (Fsp3) is 0.364. The number of benzene rings is 1. The van der Waals surface area contributed by atoms with Crippen molar-refractivity contribution in [2.24, 2.45) is 0 Å². The fourth-order valence-corrected chi connectivity index (χ4v) is 2.97. The van der Waals surface area contributed by atoms with E-state index >= 15 is 0 Å². The van der Waals surface area contributed by atoms with Crippen LogP contribution in [-0.2, 0) is 10.0 Å². The Balaban J connectivity index is 2.23. The highest BCUT2D eigenvalue weighted by molar-refractivity contribution is 7.93. The first-order chi connectivity index (χ1) is 7.90. The Bertz CT molecular complexity index is 561. The van der Waals surface area contributed by atoms with Gasteiger partial charge in [0, 0.05) is 5.69 Å². The molecule has 6 heteroatoms. The van der Waals surface area contributed by atoms with E-state index in [1.54, 1.807) is 6.92 Å². The lowest BCUT2D eigenvalue weighted by molar-refractivity contribution is 0.0696. The molecule has 1 fully saturated rings. The van der Waals surface area contributed by atoms with E-state index < -0.39 is 16.0 Å². The highest BCUT2D eigenvalue weighted by Crippen LogP contribution is 2.30. The molecule has 0 aromatic heterocycles. The summed E-state index contributed by atoms with van der Waals surface area (Å²) in [4.78, 5) is 10.8. The van der Waals surface area contributed by atoms with E-state index in [-0.39, 0.29) is 10.8 Å². The van der Waals surface area contributed by atoms with Crippen LogP contribution in [0.5, 0.6) is 0 Å². The van der Waals surface area contributed by atoms with Gasteiger partial charge in [-0.2, -0.15) is 0 Å². The Morgan fingerprint density at radius 1 is 1.41 bits per heavy atom. The van der Waals surface area contributed by atoms with E-state index in [2.05, 4.69) is 4.72 Å². The molecule has 1 aromatic rings. The van der Waals surface area contributed by atoms with Gasteiger partial charge in [0.25, 0.3) is 0 Å². The minimum atomic E-state index is -3.29. The molecule has 0 bridgehead atoms. The third-order valence-corrected chi connectivity index (χ3v) is 4.55. The van der Waals surface area contributed by atoms with Crippen LogP contribution >= 0.6 is 0 Å². The molecule has 0 amide bonds. The molecule has 1 saturated carbocycles. The topological polar surface area (TPSA) is 83.5 Å². The maximum Gasteiger partial charge on any atom is 0.335 e. The lowest BCUT2D eigenvalue weighted by Crippen LogP contribution is -2.17. The first-order valence-corrected chi connectivity index (χ1v) is 6.80. The number of carbonyl (C=O) groups is 1. The van der Waals surface area contributed by atoms with Gasteiger partial charge < -0.3 is 5.11 Å². The van der Waals surface area contributed by atoms with Crippen molar-refractivity contribution >= 4 is 21.7 Å². The monoisotopic (exact) mass is 255 g/mol. The largest absolute Gasteiger partial charge is 0.478 e. The van der Waals surface area contributed by atoms with Gasteiger partial charge in [-0.1, -0.05) is 0 Å². The summed E-state index contributed by atoms with van der Waals surface area (Å²) in [5.41, 5.74) is 1.13. The van der Waals surface area contributed by atoms with Crippen LogP contribution in [0.3, 0.4) is 0 Å². The number of hydrogen-bond acceptors (Lipinski definition) is 3. The van der Waals surface area contributed by atoms with Gasteiger partial charge >= 0.3 is 5.97 Å². The summed E-state index contributed by atoms with van der Waals surface area (Å²) >= 11 is 0. The number of sulfonamides is 1. The standard InChI is InChI=1S/C11H13NO4S/c1-7-6-8(2-5-10(7)11(13)14)12-17(15,16)9-3-4-9/h2,5-6,9,12H,3-4H2,1H3,(H,13,14). The molecule has 0 atom stereocenters. The number of anilines is 1. The van der Waals surface area contributed by atoms with Crippen molar-refractivity contribution in [1.82, 2.24) is 0 Å². The lowest BCUT2D eigenvalue weighted by Gasteiger charge is -2.08. The maximum absolute atomic E-state index is 11.7. The number of carboxylic acids is 1. The number of aromatic carboxylic acids is 1. The lowest BCUT2D eigenvalue weighted by atomic mass is 10.1. The zero-order chi connectivity index (χ0) is 12.6. The minimum absolute atomic E-state index is 0.180. The Kier molecular flexibility index (Phi) is 2.82. The quantitative estimate of drug-likeness (QED) is 0.856. The Hall–Kier alpha value is -1.56. The molecule has 92 valence electrons. The van der Waals surface area contributed by atoms with Gasteiger partial charge in [-0.3, -0.25) is 4.72 Å². The summed E-state index contributed by atoms with van der Waals surface area (Å²) < 4.78 is 25.8. The van der Waals surface area contributed by atoms with Crippen LogP contribution in [0.4, 0.5) is 5.69 Å². The van der Waals surface area contributed by atoms with Crippen molar-refractivity contribution < 1.29 is 18.3 Å². The van der Waals surface area contributed by atoms with Gasteiger partial charge in [0.2, 0.25) is 10.0 Å². The summed E-state index contributed by atoms with van der Waals surface area (Å²) in [6.45, 7) is 1.64. The van der Waals surface area contributed by atoms with Crippen molar-refractivity contribution in [2.45, 2.75) is 25.0 Å². The van der Waals surface area contributed by atoms with Crippen LogP contribution in [0.2, 0.25) is 0 Å². The first-order valence-electron chi connectivity index (χ1n) is 5.26. The van der Waals surface area contributed by atoms with Crippen molar-refractivity contribution in [2.75, 3.05) is 4.72 Å². The van der Waals surface area contributed by atoms with Crippen LogP contribution in [0.1, 0.15) is 28.8 Å². The average Bonchev–Trinajstić information content (AvgIpc) is 2.98. The van der Waals surface area contributed by atoms with Crippen LogP contribution in [0.15, 0.2) is 18.2 Å². The van der Waals surface area contributed by atoms with Crippen molar-refractivity contribution in [3.8, 4) is 0 Å². The van der Waals surface area contributed by atoms with Crippen LogP contribution in [0, 0.1) is 6.92 Å². The van der Waals surface area contributed by atoms with Gasteiger partial charge in [-0.05, 0) is 43.5 Å². The summed E-state index contributed by atoms with van der Waals surface area (Å²) in [5, 5.41) is 8.56. The molecule has 0 heterocycles. The summed E-state index contributed by atoms with van der Waals surface area (Å²) in [6, 6.07) is 4.40. The molecule has 1 aliphatic carbocycles. The second-order valence-corrected chi connectivity index (χ2v) is 6.14. The second kappa shape index (κ2) is 4.03. The molecule has 0 spiro atoms. The first kappa shape index (κ1) is 11.9. The van der Waals surface area contributed by atoms with Gasteiger partial charge in [0.1, 0.15) is 0 Å². The van der Waals surface area contributed by atoms with E-state index in [9.17, 15) is 13.2 Å². The van der Waals surface area contributed by atoms with Gasteiger partial charge in [0.15, 0.2) is 0 Å². The third kappa shape index (κ3) is 2.58. The Labute approximate surface area is 99.5 Å². The predicted octanol–water partition coefficient (Wildman–Crippen LogP) is 1.60. The number of nitrogens with one attached hydrogen (secondary N) is 1. The van der Waals surface area contributed by atoms with Crippen molar-refractivity contribution in [1.29, 1.82) is 0 Å². The number of carboxylic acid groups (broad SMARTS) is 1. The minimum Gasteiger partial charge on any atom is -0.478 e. The molecular formula is C11H13NO4S. The molecule has 17 heavy (non-hydrogen) atoms. The summed E-state index contributed by atoms with van der Waals surface area (Å²) in [7, 11) is -3.29. The van der Waals surface area contributed by atoms with Crippen LogP contribution in [-0.4, -0.2) is 24.7 Å². The number of aryl methyl sites for hydroxylation is 1. The molecule has 2 rings (SSSR count). The second-order valence-electron chi connectivity index (χ2n) is 4.18. The average molecular weight is 255 g/mol. The number of rotatable bonds is 4.